The van der Waals surface area contributed by atoms with Gasteiger partial charge < -0.3 is 5.32 Å². The first-order valence-corrected chi connectivity index (χ1v) is 8.30. The molecule has 0 aliphatic carbocycles. The fourth-order valence-electron chi connectivity index (χ4n) is 1.93. The van der Waals surface area contributed by atoms with E-state index in [-0.39, 0.29) is 4.90 Å². The molecule has 7 heteroatoms. The summed E-state index contributed by atoms with van der Waals surface area (Å²) in [7, 11) is -1.83. The SMILES string of the molecule is CCNCCc1ccc(S(=O)(=O)Nc2cnn(C)c2)cc1. The monoisotopic (exact) mass is 308 g/mol. The first kappa shape index (κ1) is 15.5. The summed E-state index contributed by atoms with van der Waals surface area (Å²) in [4.78, 5) is 0.249. The third kappa shape index (κ3) is 4.30. The van der Waals surface area contributed by atoms with E-state index in [0.717, 1.165) is 25.1 Å². The van der Waals surface area contributed by atoms with Crippen molar-refractivity contribution in [3.63, 3.8) is 0 Å². The van der Waals surface area contributed by atoms with Gasteiger partial charge >= 0.3 is 0 Å². The van der Waals surface area contributed by atoms with E-state index < -0.39 is 10.0 Å². The van der Waals surface area contributed by atoms with Crippen molar-refractivity contribution in [2.75, 3.05) is 17.8 Å². The summed E-state index contributed by atoms with van der Waals surface area (Å²) >= 11 is 0. The number of sulfonamides is 1. The van der Waals surface area contributed by atoms with Crippen LogP contribution in [0, 0.1) is 0 Å². The second kappa shape index (κ2) is 6.73. The summed E-state index contributed by atoms with van der Waals surface area (Å²) in [6.45, 7) is 3.87. The van der Waals surface area contributed by atoms with E-state index in [1.807, 2.05) is 12.1 Å². The number of aromatic nitrogens is 2. The summed E-state index contributed by atoms with van der Waals surface area (Å²) in [5, 5.41) is 7.17. The van der Waals surface area contributed by atoms with Crippen molar-refractivity contribution in [3.8, 4) is 0 Å². The Kier molecular flexibility index (Phi) is 4.98. The Morgan fingerprint density at radius 2 is 1.95 bits per heavy atom. The van der Waals surface area contributed by atoms with Crippen LogP contribution in [-0.2, 0) is 23.5 Å². The van der Waals surface area contributed by atoms with Crippen molar-refractivity contribution >= 4 is 15.7 Å². The number of benzene rings is 1. The van der Waals surface area contributed by atoms with Gasteiger partial charge in [0.05, 0.1) is 16.8 Å². The third-order valence-electron chi connectivity index (χ3n) is 3.03. The van der Waals surface area contributed by atoms with Gasteiger partial charge in [0.2, 0.25) is 0 Å². The van der Waals surface area contributed by atoms with Gasteiger partial charge in [-0.25, -0.2) is 8.42 Å². The molecule has 6 nitrogen and oxygen atoms in total. The van der Waals surface area contributed by atoms with Crippen LogP contribution < -0.4 is 10.0 Å². The van der Waals surface area contributed by atoms with Gasteiger partial charge in [0.15, 0.2) is 0 Å². The highest BCUT2D eigenvalue weighted by atomic mass is 32.2. The van der Waals surface area contributed by atoms with Crippen LogP contribution in [0.5, 0.6) is 0 Å². The minimum Gasteiger partial charge on any atom is -0.317 e. The summed E-state index contributed by atoms with van der Waals surface area (Å²) in [5.74, 6) is 0. The molecule has 0 saturated heterocycles. The van der Waals surface area contributed by atoms with E-state index in [1.165, 1.54) is 6.20 Å². The number of anilines is 1. The van der Waals surface area contributed by atoms with Crippen LogP contribution in [0.3, 0.4) is 0 Å². The number of nitrogens with one attached hydrogen (secondary N) is 2. The summed E-state index contributed by atoms with van der Waals surface area (Å²) in [5.41, 5.74) is 1.56. The predicted molar refractivity (Wildman–Crippen MR) is 82.7 cm³/mol. The van der Waals surface area contributed by atoms with Gasteiger partial charge in [-0.05, 0) is 37.2 Å². The maximum Gasteiger partial charge on any atom is 0.261 e. The lowest BCUT2D eigenvalue weighted by Gasteiger charge is -2.07. The fourth-order valence-corrected chi connectivity index (χ4v) is 2.96. The predicted octanol–water partition coefficient (Wildman–Crippen LogP) is 1.37. The number of likely N-dealkylation sites (N-methyl/N-ethyl adjacent to an activating group) is 1. The van der Waals surface area contributed by atoms with Gasteiger partial charge in [0.1, 0.15) is 0 Å². The van der Waals surface area contributed by atoms with E-state index in [1.54, 1.807) is 30.1 Å². The van der Waals surface area contributed by atoms with Crippen LogP contribution >= 0.6 is 0 Å². The van der Waals surface area contributed by atoms with E-state index in [4.69, 9.17) is 0 Å². The highest BCUT2D eigenvalue weighted by molar-refractivity contribution is 7.92. The van der Waals surface area contributed by atoms with Crippen molar-refractivity contribution in [2.24, 2.45) is 7.05 Å². The molecular formula is C14H20N4O2S. The van der Waals surface area contributed by atoms with E-state index in [2.05, 4.69) is 22.1 Å². The molecule has 0 radical (unpaired) electrons. The minimum atomic E-state index is -3.56. The molecule has 0 aliphatic rings. The molecule has 1 aromatic heterocycles. The van der Waals surface area contributed by atoms with E-state index in [0.29, 0.717) is 5.69 Å². The molecule has 2 aromatic rings. The van der Waals surface area contributed by atoms with Crippen LogP contribution in [0.4, 0.5) is 5.69 Å². The number of nitrogens with zero attached hydrogens (tertiary/aromatic N) is 2. The van der Waals surface area contributed by atoms with Gasteiger partial charge in [-0.3, -0.25) is 9.40 Å². The van der Waals surface area contributed by atoms with Crippen molar-refractivity contribution in [2.45, 2.75) is 18.2 Å². The van der Waals surface area contributed by atoms with Crippen LogP contribution in [-0.4, -0.2) is 31.3 Å². The molecule has 0 amide bonds. The molecule has 21 heavy (non-hydrogen) atoms. The molecule has 0 saturated carbocycles. The van der Waals surface area contributed by atoms with Crippen LogP contribution in [0.2, 0.25) is 0 Å². The average Bonchev–Trinajstić information content (AvgIpc) is 2.84. The maximum absolute atomic E-state index is 12.2. The smallest absolute Gasteiger partial charge is 0.261 e. The van der Waals surface area contributed by atoms with E-state index >= 15 is 0 Å². The number of hydrogen-bond acceptors (Lipinski definition) is 4. The molecule has 0 aliphatic heterocycles. The molecule has 2 N–H and O–H groups in total. The zero-order chi connectivity index (χ0) is 15.3. The Bertz CT molecular complexity index is 677. The van der Waals surface area contributed by atoms with Gasteiger partial charge in [0, 0.05) is 13.2 Å². The van der Waals surface area contributed by atoms with Gasteiger partial charge in [-0.2, -0.15) is 5.10 Å². The largest absolute Gasteiger partial charge is 0.317 e. The second-order valence-electron chi connectivity index (χ2n) is 4.76. The van der Waals surface area contributed by atoms with Gasteiger partial charge in [0.25, 0.3) is 10.0 Å². The molecule has 2 rings (SSSR count). The minimum absolute atomic E-state index is 0.249. The van der Waals surface area contributed by atoms with Crippen LogP contribution in [0.25, 0.3) is 0 Å². The van der Waals surface area contributed by atoms with Crippen molar-refractivity contribution < 1.29 is 8.42 Å². The van der Waals surface area contributed by atoms with E-state index in [9.17, 15) is 8.42 Å². The molecular weight excluding hydrogens is 288 g/mol. The summed E-state index contributed by atoms with van der Waals surface area (Å²) in [6, 6.07) is 6.93. The molecule has 0 atom stereocenters. The molecule has 0 fully saturated rings. The first-order chi connectivity index (χ1) is 10.0. The Labute approximate surface area is 125 Å². The van der Waals surface area contributed by atoms with Gasteiger partial charge in [-0.15, -0.1) is 0 Å². The zero-order valence-electron chi connectivity index (χ0n) is 12.2. The number of aryl methyl sites for hydroxylation is 1. The molecule has 1 heterocycles. The average molecular weight is 308 g/mol. The lowest BCUT2D eigenvalue weighted by atomic mass is 10.1. The number of rotatable bonds is 7. The fraction of sp³-hybridized carbons (Fsp3) is 0.357. The lowest BCUT2D eigenvalue weighted by molar-refractivity contribution is 0.601. The topological polar surface area (TPSA) is 76.0 Å². The second-order valence-corrected chi connectivity index (χ2v) is 6.44. The quantitative estimate of drug-likeness (QED) is 0.758. The van der Waals surface area contributed by atoms with Crippen molar-refractivity contribution in [3.05, 3.63) is 42.2 Å². The summed E-state index contributed by atoms with van der Waals surface area (Å²) in [6.07, 6.45) is 3.97. The standard InChI is InChI=1S/C14H20N4O2S/c1-3-15-9-8-12-4-6-14(7-5-12)21(19,20)17-13-10-16-18(2)11-13/h4-7,10-11,15,17H,3,8-9H2,1-2H3. The van der Waals surface area contributed by atoms with Crippen molar-refractivity contribution in [1.29, 1.82) is 0 Å². The maximum atomic E-state index is 12.2. The molecule has 0 unspecified atom stereocenters. The Morgan fingerprint density at radius 3 is 2.52 bits per heavy atom. The Morgan fingerprint density at radius 1 is 1.24 bits per heavy atom. The highest BCUT2D eigenvalue weighted by Gasteiger charge is 2.14. The molecule has 114 valence electrons. The van der Waals surface area contributed by atoms with Gasteiger partial charge in [-0.1, -0.05) is 19.1 Å². The van der Waals surface area contributed by atoms with Crippen LogP contribution in [0.15, 0.2) is 41.6 Å². The summed E-state index contributed by atoms with van der Waals surface area (Å²) < 4.78 is 28.5. The lowest BCUT2D eigenvalue weighted by Crippen LogP contribution is -2.16. The normalized spacial score (nSPS) is 11.5. The third-order valence-corrected chi connectivity index (χ3v) is 4.43. The molecule has 1 aromatic carbocycles. The Balaban J connectivity index is 2.06. The zero-order valence-corrected chi connectivity index (χ0v) is 13.0. The Hall–Kier alpha value is -1.86. The highest BCUT2D eigenvalue weighted by Crippen LogP contribution is 2.16. The van der Waals surface area contributed by atoms with Crippen LogP contribution in [0.1, 0.15) is 12.5 Å². The molecule has 0 spiro atoms. The molecule has 0 bridgehead atoms. The first-order valence-electron chi connectivity index (χ1n) is 6.82. The van der Waals surface area contributed by atoms with Crippen molar-refractivity contribution in [1.82, 2.24) is 15.1 Å². The number of hydrogen-bond donors (Lipinski definition) is 2.